The number of alkyl halides is 6. The largest absolute Gasteiger partial charge is 0.433 e. The van der Waals surface area contributed by atoms with Gasteiger partial charge in [-0.1, -0.05) is 11.6 Å². The molecule has 0 fully saturated rings. The zero-order valence-electron chi connectivity index (χ0n) is 13.5. The van der Waals surface area contributed by atoms with Crippen molar-refractivity contribution < 1.29 is 26.3 Å². The first-order valence-corrected chi connectivity index (χ1v) is 8.06. The van der Waals surface area contributed by atoms with Crippen molar-refractivity contribution in [3.8, 4) is 5.69 Å². The Morgan fingerprint density at radius 1 is 1.04 bits per heavy atom. The third kappa shape index (κ3) is 3.26. The highest BCUT2D eigenvalue weighted by Crippen LogP contribution is 2.33. The van der Waals surface area contributed by atoms with E-state index in [0.29, 0.717) is 17.0 Å². The Hall–Kier alpha value is -2.82. The highest BCUT2D eigenvalue weighted by Gasteiger charge is 2.35. The third-order valence-electron chi connectivity index (χ3n) is 3.97. The lowest BCUT2D eigenvalue weighted by atomic mass is 10.2. The zero-order chi connectivity index (χ0) is 20.3. The molecule has 4 rings (SSSR count). The first-order valence-electron chi connectivity index (χ1n) is 7.68. The number of aromatic nitrogens is 5. The molecule has 0 aliphatic rings. The number of aromatic amines is 1. The van der Waals surface area contributed by atoms with Gasteiger partial charge in [0.1, 0.15) is 23.5 Å². The number of fused-ring (bicyclic) bond motifs is 2. The minimum Gasteiger partial charge on any atom is -0.280 e. The quantitative estimate of drug-likeness (QED) is 0.461. The first kappa shape index (κ1) is 18.5. The van der Waals surface area contributed by atoms with Gasteiger partial charge in [0, 0.05) is 5.39 Å². The fourth-order valence-corrected chi connectivity index (χ4v) is 3.12. The SMILES string of the molecule is FC(F)(F)Cc1nc2ccc(C(F)(F)F)nc2n1-c1cc(Cl)c2[nH]ncc2c1. The Labute approximate surface area is 156 Å². The van der Waals surface area contributed by atoms with Crippen LogP contribution in [0.25, 0.3) is 27.8 Å². The Kier molecular flexibility index (Phi) is 4.03. The van der Waals surface area contributed by atoms with Crippen LogP contribution in [-0.4, -0.2) is 30.9 Å². The van der Waals surface area contributed by atoms with E-state index in [4.69, 9.17) is 11.6 Å². The summed E-state index contributed by atoms with van der Waals surface area (Å²) in [5, 5.41) is 7.03. The summed E-state index contributed by atoms with van der Waals surface area (Å²) >= 11 is 6.13. The normalized spacial score (nSPS) is 13.0. The molecule has 3 heterocycles. The molecular weight excluding hydrogens is 412 g/mol. The standard InChI is InChI=1S/C16H8ClF6N5/c17-9-4-8(3-7-6-24-27-13(7)9)28-12(5-15(18,19)20)25-10-1-2-11(16(21,22)23)26-14(10)28/h1-4,6H,5H2,(H,24,27). The molecule has 12 heteroatoms. The van der Waals surface area contributed by atoms with Crippen LogP contribution in [0.5, 0.6) is 0 Å². The number of benzene rings is 1. The molecule has 1 N–H and O–H groups in total. The molecule has 0 spiro atoms. The van der Waals surface area contributed by atoms with E-state index >= 15 is 0 Å². The van der Waals surface area contributed by atoms with Gasteiger partial charge in [0.25, 0.3) is 0 Å². The average molecular weight is 420 g/mol. The minimum absolute atomic E-state index is 0.0903. The van der Waals surface area contributed by atoms with Crippen molar-refractivity contribution in [1.29, 1.82) is 0 Å². The maximum absolute atomic E-state index is 13.1. The second-order valence-corrected chi connectivity index (χ2v) is 6.36. The molecule has 0 unspecified atom stereocenters. The molecule has 4 aromatic rings. The van der Waals surface area contributed by atoms with E-state index in [1.54, 1.807) is 0 Å². The van der Waals surface area contributed by atoms with Crippen LogP contribution < -0.4 is 0 Å². The van der Waals surface area contributed by atoms with E-state index in [9.17, 15) is 26.3 Å². The number of hydrogen-bond acceptors (Lipinski definition) is 3. The molecule has 0 aliphatic heterocycles. The molecule has 0 radical (unpaired) electrons. The van der Waals surface area contributed by atoms with E-state index in [1.807, 2.05) is 0 Å². The number of rotatable bonds is 2. The Morgan fingerprint density at radius 3 is 2.46 bits per heavy atom. The summed E-state index contributed by atoms with van der Waals surface area (Å²) in [6, 6.07) is 4.40. The van der Waals surface area contributed by atoms with E-state index in [-0.39, 0.29) is 21.9 Å². The molecule has 0 amide bonds. The fraction of sp³-hybridized carbons (Fsp3) is 0.188. The average Bonchev–Trinajstić information content (AvgIpc) is 3.15. The summed E-state index contributed by atoms with van der Waals surface area (Å²) in [5.41, 5.74) is -1.16. The topological polar surface area (TPSA) is 59.4 Å². The summed E-state index contributed by atoms with van der Waals surface area (Å²) in [5.74, 6) is -0.506. The van der Waals surface area contributed by atoms with Crippen LogP contribution in [-0.2, 0) is 12.6 Å². The van der Waals surface area contributed by atoms with Crippen LogP contribution in [0.4, 0.5) is 26.3 Å². The monoisotopic (exact) mass is 419 g/mol. The third-order valence-corrected chi connectivity index (χ3v) is 4.26. The molecular formula is C16H8ClF6N5. The molecule has 0 aliphatic carbocycles. The van der Waals surface area contributed by atoms with Gasteiger partial charge in [-0.2, -0.15) is 31.4 Å². The highest BCUT2D eigenvalue weighted by molar-refractivity contribution is 6.35. The lowest BCUT2D eigenvalue weighted by Gasteiger charge is -2.12. The van der Waals surface area contributed by atoms with Crippen LogP contribution in [0.15, 0.2) is 30.5 Å². The van der Waals surface area contributed by atoms with Crippen molar-refractivity contribution in [3.63, 3.8) is 0 Å². The Morgan fingerprint density at radius 2 is 1.79 bits per heavy atom. The van der Waals surface area contributed by atoms with Gasteiger partial charge in [-0.3, -0.25) is 9.67 Å². The van der Waals surface area contributed by atoms with Crippen LogP contribution in [0.3, 0.4) is 0 Å². The number of nitrogens with zero attached hydrogens (tertiary/aromatic N) is 4. The first-order chi connectivity index (χ1) is 13.0. The van der Waals surface area contributed by atoms with Crippen molar-refractivity contribution in [2.45, 2.75) is 18.8 Å². The van der Waals surface area contributed by atoms with Crippen molar-refractivity contribution in [3.05, 3.63) is 47.0 Å². The van der Waals surface area contributed by atoms with E-state index in [1.165, 1.54) is 18.3 Å². The van der Waals surface area contributed by atoms with Gasteiger partial charge in [-0.05, 0) is 24.3 Å². The second-order valence-electron chi connectivity index (χ2n) is 5.95. The molecule has 0 bridgehead atoms. The van der Waals surface area contributed by atoms with Crippen LogP contribution in [0, 0.1) is 0 Å². The van der Waals surface area contributed by atoms with Crippen molar-refractivity contribution in [2.24, 2.45) is 0 Å². The van der Waals surface area contributed by atoms with Crippen LogP contribution >= 0.6 is 11.6 Å². The smallest absolute Gasteiger partial charge is 0.280 e. The van der Waals surface area contributed by atoms with Gasteiger partial charge in [0.05, 0.1) is 22.4 Å². The summed E-state index contributed by atoms with van der Waals surface area (Å²) in [6.07, 6.45) is -9.46. The predicted octanol–water partition coefficient (Wildman–Crippen LogP) is 5.07. The van der Waals surface area contributed by atoms with Crippen molar-refractivity contribution in [1.82, 2.24) is 24.7 Å². The fourth-order valence-electron chi connectivity index (χ4n) is 2.86. The molecule has 5 nitrogen and oxygen atoms in total. The maximum atomic E-state index is 13.1. The summed E-state index contributed by atoms with van der Waals surface area (Å²) in [6.45, 7) is 0. The van der Waals surface area contributed by atoms with Crippen LogP contribution in [0.2, 0.25) is 5.02 Å². The van der Waals surface area contributed by atoms with E-state index in [2.05, 4.69) is 20.2 Å². The number of imidazole rings is 1. The van der Waals surface area contributed by atoms with Crippen LogP contribution in [0.1, 0.15) is 11.5 Å². The predicted molar refractivity (Wildman–Crippen MR) is 88.3 cm³/mol. The highest BCUT2D eigenvalue weighted by atomic mass is 35.5. The maximum Gasteiger partial charge on any atom is 0.433 e. The van der Waals surface area contributed by atoms with Gasteiger partial charge in [-0.15, -0.1) is 0 Å². The summed E-state index contributed by atoms with van der Waals surface area (Å²) in [7, 11) is 0. The molecule has 28 heavy (non-hydrogen) atoms. The molecule has 3 aromatic heterocycles. The van der Waals surface area contributed by atoms with Gasteiger partial charge in [-0.25, -0.2) is 9.97 Å². The number of hydrogen-bond donors (Lipinski definition) is 1. The lowest BCUT2D eigenvalue weighted by Crippen LogP contribution is -2.16. The zero-order valence-corrected chi connectivity index (χ0v) is 14.3. The van der Waals surface area contributed by atoms with Gasteiger partial charge >= 0.3 is 12.4 Å². The number of H-pyrrole nitrogens is 1. The lowest BCUT2D eigenvalue weighted by molar-refractivity contribution is -0.141. The molecule has 0 saturated carbocycles. The van der Waals surface area contributed by atoms with Gasteiger partial charge in [0.15, 0.2) is 5.65 Å². The van der Waals surface area contributed by atoms with Gasteiger partial charge in [0.2, 0.25) is 0 Å². The summed E-state index contributed by atoms with van der Waals surface area (Å²) in [4.78, 5) is 7.35. The molecule has 1 aromatic carbocycles. The minimum atomic E-state index is -4.76. The Bertz CT molecular complexity index is 1190. The van der Waals surface area contributed by atoms with Crippen molar-refractivity contribution >= 4 is 33.7 Å². The summed E-state index contributed by atoms with van der Waals surface area (Å²) < 4.78 is 79.2. The number of halogens is 7. The van der Waals surface area contributed by atoms with Crippen molar-refractivity contribution in [2.75, 3.05) is 0 Å². The van der Waals surface area contributed by atoms with E-state index in [0.717, 1.165) is 10.6 Å². The number of pyridine rings is 1. The van der Waals surface area contributed by atoms with E-state index < -0.39 is 30.3 Å². The number of nitrogens with one attached hydrogen (secondary N) is 1. The van der Waals surface area contributed by atoms with Gasteiger partial charge < -0.3 is 0 Å². The second kappa shape index (κ2) is 6.09. The molecule has 0 saturated heterocycles. The molecule has 146 valence electrons. The Balaban J connectivity index is 2.02. The molecule has 0 atom stereocenters.